The van der Waals surface area contributed by atoms with Crippen molar-refractivity contribution in [2.45, 2.75) is 6.10 Å². The molecule has 1 N–H and O–H groups in total. The van der Waals surface area contributed by atoms with E-state index >= 15 is 0 Å². The normalized spacial score (nSPS) is 12.1. The summed E-state index contributed by atoms with van der Waals surface area (Å²) in [6.07, 6.45) is 2.26. The first-order valence-electron chi connectivity index (χ1n) is 6.74. The average molecular weight is 299 g/mol. The fourth-order valence-corrected chi connectivity index (χ4v) is 1.99. The van der Waals surface area contributed by atoms with Crippen LogP contribution in [0.5, 0.6) is 5.75 Å². The molecule has 6 heteroatoms. The Morgan fingerprint density at radius 3 is 2.45 bits per heavy atom. The summed E-state index contributed by atoms with van der Waals surface area (Å²) in [5, 5.41) is 14.0. The molecule has 5 nitrogen and oxygen atoms in total. The summed E-state index contributed by atoms with van der Waals surface area (Å²) in [5.74, 6) is 0.297. The highest BCUT2D eigenvalue weighted by atomic mass is 19.1. The van der Waals surface area contributed by atoms with Crippen molar-refractivity contribution in [2.75, 3.05) is 6.61 Å². The van der Waals surface area contributed by atoms with E-state index < -0.39 is 6.10 Å². The minimum atomic E-state index is -0.810. The molecule has 22 heavy (non-hydrogen) atoms. The summed E-state index contributed by atoms with van der Waals surface area (Å²) in [5.41, 5.74) is 1.48. The lowest BCUT2D eigenvalue weighted by Crippen LogP contribution is -2.09. The van der Waals surface area contributed by atoms with Crippen LogP contribution in [0.2, 0.25) is 0 Å². The average Bonchev–Trinajstić information content (AvgIpc) is 3.08. The quantitative estimate of drug-likeness (QED) is 0.786. The summed E-state index contributed by atoms with van der Waals surface area (Å²) < 4.78 is 20.0. The van der Waals surface area contributed by atoms with Crippen LogP contribution in [0.25, 0.3) is 5.69 Å². The van der Waals surface area contributed by atoms with Gasteiger partial charge in [-0.25, -0.2) is 14.1 Å². The summed E-state index contributed by atoms with van der Waals surface area (Å²) in [6.45, 7) is 0.0916. The second kappa shape index (κ2) is 6.36. The van der Waals surface area contributed by atoms with Gasteiger partial charge in [0.2, 0.25) is 0 Å². The molecule has 0 fully saturated rings. The van der Waals surface area contributed by atoms with Crippen LogP contribution >= 0.6 is 0 Å². The number of ether oxygens (including phenoxy) is 1. The lowest BCUT2D eigenvalue weighted by Gasteiger charge is -2.13. The van der Waals surface area contributed by atoms with Crippen molar-refractivity contribution in [3.8, 4) is 11.4 Å². The van der Waals surface area contributed by atoms with Crippen LogP contribution in [0.4, 0.5) is 4.39 Å². The maximum Gasteiger partial charge on any atom is 0.138 e. The molecule has 0 bridgehead atoms. The number of nitrogens with zero attached hydrogens (tertiary/aromatic N) is 3. The summed E-state index contributed by atoms with van der Waals surface area (Å²) in [4.78, 5) is 3.88. The van der Waals surface area contributed by atoms with Crippen LogP contribution in [0, 0.1) is 5.82 Å². The van der Waals surface area contributed by atoms with Crippen molar-refractivity contribution in [3.63, 3.8) is 0 Å². The maximum absolute atomic E-state index is 12.8. The van der Waals surface area contributed by atoms with Gasteiger partial charge in [0.25, 0.3) is 0 Å². The third kappa shape index (κ3) is 3.29. The molecule has 0 saturated heterocycles. The molecule has 2 aromatic carbocycles. The first-order chi connectivity index (χ1) is 10.7. The van der Waals surface area contributed by atoms with Crippen molar-refractivity contribution < 1.29 is 14.2 Å². The second-order valence-electron chi connectivity index (χ2n) is 4.71. The van der Waals surface area contributed by atoms with E-state index in [0.717, 1.165) is 5.69 Å². The maximum atomic E-state index is 12.8. The highest BCUT2D eigenvalue weighted by Crippen LogP contribution is 2.18. The molecule has 0 spiro atoms. The Kier molecular flexibility index (Phi) is 4.11. The Labute approximate surface area is 126 Å². The molecule has 1 unspecified atom stereocenters. The second-order valence-corrected chi connectivity index (χ2v) is 4.71. The van der Waals surface area contributed by atoms with Crippen molar-refractivity contribution in [2.24, 2.45) is 0 Å². The Hall–Kier alpha value is -2.73. The number of aromatic nitrogens is 3. The minimum Gasteiger partial charge on any atom is -0.491 e. The molecule has 1 heterocycles. The monoisotopic (exact) mass is 299 g/mol. The molecule has 0 aliphatic rings. The van der Waals surface area contributed by atoms with E-state index in [1.54, 1.807) is 23.1 Å². The van der Waals surface area contributed by atoms with Crippen LogP contribution in [-0.4, -0.2) is 26.5 Å². The van der Waals surface area contributed by atoms with Gasteiger partial charge in [-0.2, -0.15) is 5.10 Å². The van der Waals surface area contributed by atoms with E-state index in [-0.39, 0.29) is 12.4 Å². The van der Waals surface area contributed by atoms with E-state index in [1.807, 2.05) is 12.1 Å². The summed E-state index contributed by atoms with van der Waals surface area (Å²) >= 11 is 0. The van der Waals surface area contributed by atoms with Gasteiger partial charge in [-0.3, -0.25) is 0 Å². The van der Waals surface area contributed by atoms with Gasteiger partial charge >= 0.3 is 0 Å². The van der Waals surface area contributed by atoms with Crippen molar-refractivity contribution in [1.29, 1.82) is 0 Å². The summed E-state index contributed by atoms with van der Waals surface area (Å²) in [7, 11) is 0. The van der Waals surface area contributed by atoms with Crippen LogP contribution in [0.15, 0.2) is 61.2 Å². The molecule has 0 aliphatic carbocycles. The number of halogens is 1. The molecule has 0 saturated carbocycles. The van der Waals surface area contributed by atoms with Crippen LogP contribution < -0.4 is 4.74 Å². The lowest BCUT2D eigenvalue weighted by molar-refractivity contribution is 0.108. The third-order valence-corrected chi connectivity index (χ3v) is 3.18. The number of aliphatic hydroxyl groups excluding tert-OH is 1. The third-order valence-electron chi connectivity index (χ3n) is 3.18. The zero-order valence-electron chi connectivity index (χ0n) is 11.6. The fourth-order valence-electron chi connectivity index (χ4n) is 1.99. The molecule has 0 radical (unpaired) electrons. The Bertz CT molecular complexity index is 712. The van der Waals surface area contributed by atoms with Crippen LogP contribution in [-0.2, 0) is 0 Å². The van der Waals surface area contributed by atoms with E-state index in [0.29, 0.717) is 11.3 Å². The van der Waals surface area contributed by atoms with Gasteiger partial charge in [0.05, 0.1) is 5.69 Å². The minimum absolute atomic E-state index is 0.0916. The van der Waals surface area contributed by atoms with Crippen molar-refractivity contribution in [1.82, 2.24) is 14.8 Å². The smallest absolute Gasteiger partial charge is 0.138 e. The molecule has 3 aromatic rings. The summed E-state index contributed by atoms with van der Waals surface area (Å²) in [6, 6.07) is 13.0. The van der Waals surface area contributed by atoms with E-state index in [4.69, 9.17) is 4.74 Å². The molecular weight excluding hydrogens is 285 g/mol. The predicted octanol–water partition coefficient (Wildman–Crippen LogP) is 2.52. The number of benzene rings is 2. The number of aliphatic hydroxyl groups is 1. The first kappa shape index (κ1) is 14.2. The number of hydrogen-bond donors (Lipinski definition) is 1. The molecule has 1 aromatic heterocycles. The van der Waals surface area contributed by atoms with Crippen molar-refractivity contribution in [3.05, 3.63) is 72.6 Å². The zero-order valence-corrected chi connectivity index (χ0v) is 11.6. The molecular formula is C16H14FN3O2. The number of hydrogen-bond acceptors (Lipinski definition) is 4. The van der Waals surface area contributed by atoms with Crippen LogP contribution in [0.3, 0.4) is 0 Å². The van der Waals surface area contributed by atoms with E-state index in [2.05, 4.69) is 10.1 Å². The Morgan fingerprint density at radius 1 is 1.09 bits per heavy atom. The van der Waals surface area contributed by atoms with Gasteiger partial charge in [0.15, 0.2) is 0 Å². The fraction of sp³-hybridized carbons (Fsp3) is 0.125. The Balaban J connectivity index is 1.60. The lowest BCUT2D eigenvalue weighted by atomic mass is 10.1. The first-order valence-corrected chi connectivity index (χ1v) is 6.74. The highest BCUT2D eigenvalue weighted by molar-refractivity contribution is 5.36. The van der Waals surface area contributed by atoms with E-state index in [9.17, 15) is 9.50 Å². The SMILES string of the molecule is OC(COc1ccc(-n2cncn2)cc1)c1ccc(F)cc1. The van der Waals surface area contributed by atoms with Gasteiger partial charge < -0.3 is 9.84 Å². The van der Waals surface area contributed by atoms with Crippen molar-refractivity contribution >= 4 is 0 Å². The Morgan fingerprint density at radius 2 is 1.82 bits per heavy atom. The molecule has 0 aliphatic heterocycles. The largest absolute Gasteiger partial charge is 0.491 e. The van der Waals surface area contributed by atoms with Crippen LogP contribution in [0.1, 0.15) is 11.7 Å². The number of rotatable bonds is 5. The molecule has 3 rings (SSSR count). The molecule has 1 atom stereocenters. The molecule has 112 valence electrons. The predicted molar refractivity (Wildman–Crippen MR) is 78.2 cm³/mol. The highest BCUT2D eigenvalue weighted by Gasteiger charge is 2.08. The van der Waals surface area contributed by atoms with Gasteiger partial charge in [-0.15, -0.1) is 0 Å². The molecule has 0 amide bonds. The van der Waals surface area contributed by atoms with E-state index in [1.165, 1.54) is 30.6 Å². The van der Waals surface area contributed by atoms with Gasteiger partial charge in [0, 0.05) is 0 Å². The zero-order chi connectivity index (χ0) is 15.4. The van der Waals surface area contributed by atoms with Gasteiger partial charge in [-0.1, -0.05) is 12.1 Å². The van der Waals surface area contributed by atoms with Gasteiger partial charge in [0.1, 0.15) is 36.9 Å². The standard InChI is InChI=1S/C16H14FN3O2/c17-13-3-1-12(2-4-13)16(21)9-22-15-7-5-14(6-8-15)20-11-18-10-19-20/h1-8,10-11,16,21H,9H2. The van der Waals surface area contributed by atoms with Gasteiger partial charge in [-0.05, 0) is 42.0 Å². The topological polar surface area (TPSA) is 60.2 Å².